The van der Waals surface area contributed by atoms with Crippen LogP contribution < -0.4 is 24.8 Å². The molecule has 0 bridgehead atoms. The molecule has 0 spiro atoms. The Kier molecular flexibility index (Phi) is 6.95. The molecule has 2 aromatic rings. The summed E-state index contributed by atoms with van der Waals surface area (Å²) < 4.78 is 16.0. The van der Waals surface area contributed by atoms with E-state index in [9.17, 15) is 4.79 Å². The van der Waals surface area contributed by atoms with Gasteiger partial charge < -0.3 is 24.8 Å². The van der Waals surface area contributed by atoms with Gasteiger partial charge in [-0.25, -0.2) is 4.79 Å². The van der Waals surface area contributed by atoms with Crippen LogP contribution in [0, 0.1) is 6.92 Å². The van der Waals surface area contributed by atoms with Crippen molar-refractivity contribution in [1.29, 1.82) is 0 Å². The molecule has 0 unspecified atom stereocenters. The van der Waals surface area contributed by atoms with Gasteiger partial charge in [-0.3, -0.25) is 0 Å². The van der Waals surface area contributed by atoms with E-state index < -0.39 is 0 Å². The zero-order chi connectivity index (χ0) is 18.1. The van der Waals surface area contributed by atoms with E-state index in [1.165, 1.54) is 5.56 Å². The van der Waals surface area contributed by atoms with Gasteiger partial charge in [0.05, 0.1) is 20.8 Å². The molecule has 2 aromatic carbocycles. The first kappa shape index (κ1) is 18.4. The van der Waals surface area contributed by atoms with Gasteiger partial charge in [-0.05, 0) is 12.5 Å². The number of carbonyl (C=O) groups is 1. The van der Waals surface area contributed by atoms with Gasteiger partial charge in [0.2, 0.25) is 0 Å². The van der Waals surface area contributed by atoms with Crippen LogP contribution >= 0.6 is 0 Å². The first-order valence-electron chi connectivity index (χ1n) is 8.04. The van der Waals surface area contributed by atoms with Gasteiger partial charge >= 0.3 is 6.03 Å². The third kappa shape index (κ3) is 6.25. The second kappa shape index (κ2) is 9.42. The summed E-state index contributed by atoms with van der Waals surface area (Å²) >= 11 is 0. The molecule has 6 heteroatoms. The Hall–Kier alpha value is -2.89. The molecular formula is C19H24N2O4. The predicted molar refractivity (Wildman–Crippen MR) is 96.5 cm³/mol. The van der Waals surface area contributed by atoms with Gasteiger partial charge in [-0.2, -0.15) is 0 Å². The molecule has 0 atom stereocenters. The Morgan fingerprint density at radius 2 is 1.52 bits per heavy atom. The van der Waals surface area contributed by atoms with E-state index in [0.717, 1.165) is 5.56 Å². The summed E-state index contributed by atoms with van der Waals surface area (Å²) in [6.45, 7) is 3.25. The van der Waals surface area contributed by atoms with Crippen molar-refractivity contribution in [2.24, 2.45) is 0 Å². The van der Waals surface area contributed by atoms with E-state index in [1.807, 2.05) is 31.2 Å². The summed E-state index contributed by atoms with van der Waals surface area (Å²) in [6, 6.07) is 13.1. The zero-order valence-electron chi connectivity index (χ0n) is 14.8. The smallest absolute Gasteiger partial charge is 0.315 e. The summed E-state index contributed by atoms with van der Waals surface area (Å²) in [5.74, 6) is 1.93. The summed E-state index contributed by atoms with van der Waals surface area (Å²) in [7, 11) is 3.16. The third-order valence-electron chi connectivity index (χ3n) is 3.55. The molecule has 0 radical (unpaired) electrons. The van der Waals surface area contributed by atoms with Crippen LogP contribution in [0.4, 0.5) is 4.79 Å². The topological polar surface area (TPSA) is 68.8 Å². The summed E-state index contributed by atoms with van der Waals surface area (Å²) in [6.07, 6.45) is 0. The van der Waals surface area contributed by atoms with Crippen LogP contribution in [0.2, 0.25) is 0 Å². The summed E-state index contributed by atoms with van der Waals surface area (Å²) in [4.78, 5) is 11.8. The molecule has 0 saturated heterocycles. The van der Waals surface area contributed by atoms with Crippen LogP contribution in [0.15, 0.2) is 42.5 Å². The SMILES string of the molecule is COc1cc(OC)cc(OCCNC(=O)NCc2ccc(C)cc2)c1. The maximum atomic E-state index is 11.8. The Labute approximate surface area is 148 Å². The highest BCUT2D eigenvalue weighted by Gasteiger charge is 2.04. The second-order valence-electron chi connectivity index (χ2n) is 5.49. The van der Waals surface area contributed by atoms with Crippen molar-refractivity contribution >= 4 is 6.03 Å². The van der Waals surface area contributed by atoms with E-state index in [4.69, 9.17) is 14.2 Å². The second-order valence-corrected chi connectivity index (χ2v) is 5.49. The number of ether oxygens (including phenoxy) is 3. The molecule has 0 fully saturated rings. The summed E-state index contributed by atoms with van der Waals surface area (Å²) in [5.41, 5.74) is 2.25. The minimum absolute atomic E-state index is 0.229. The average Bonchev–Trinajstić information content (AvgIpc) is 2.64. The number of aryl methyl sites for hydroxylation is 1. The molecule has 0 heterocycles. The Morgan fingerprint density at radius 1 is 0.920 bits per heavy atom. The minimum Gasteiger partial charge on any atom is -0.496 e. The number of urea groups is 1. The van der Waals surface area contributed by atoms with E-state index in [1.54, 1.807) is 32.4 Å². The molecule has 2 amide bonds. The maximum Gasteiger partial charge on any atom is 0.315 e. The normalized spacial score (nSPS) is 10.0. The molecule has 0 saturated carbocycles. The number of amides is 2. The average molecular weight is 344 g/mol. The molecule has 25 heavy (non-hydrogen) atoms. The highest BCUT2D eigenvalue weighted by molar-refractivity contribution is 5.73. The molecule has 0 aliphatic rings. The van der Waals surface area contributed by atoms with E-state index in [-0.39, 0.29) is 6.03 Å². The van der Waals surface area contributed by atoms with Crippen molar-refractivity contribution in [2.45, 2.75) is 13.5 Å². The van der Waals surface area contributed by atoms with Gasteiger partial charge in [0.1, 0.15) is 23.9 Å². The number of nitrogens with one attached hydrogen (secondary N) is 2. The highest BCUT2D eigenvalue weighted by Crippen LogP contribution is 2.27. The monoisotopic (exact) mass is 344 g/mol. The molecule has 0 aromatic heterocycles. The fourth-order valence-electron chi connectivity index (χ4n) is 2.15. The van der Waals surface area contributed by atoms with Gasteiger partial charge in [0, 0.05) is 24.7 Å². The van der Waals surface area contributed by atoms with E-state index in [2.05, 4.69) is 10.6 Å². The van der Waals surface area contributed by atoms with E-state index in [0.29, 0.717) is 36.9 Å². The van der Waals surface area contributed by atoms with Crippen molar-refractivity contribution in [3.63, 3.8) is 0 Å². The lowest BCUT2D eigenvalue weighted by Crippen LogP contribution is -2.37. The van der Waals surface area contributed by atoms with Crippen molar-refractivity contribution in [3.05, 3.63) is 53.6 Å². The van der Waals surface area contributed by atoms with Gasteiger partial charge in [-0.1, -0.05) is 29.8 Å². The highest BCUT2D eigenvalue weighted by atomic mass is 16.5. The van der Waals surface area contributed by atoms with Crippen molar-refractivity contribution in [3.8, 4) is 17.2 Å². The van der Waals surface area contributed by atoms with Gasteiger partial charge in [0.15, 0.2) is 0 Å². The van der Waals surface area contributed by atoms with Crippen LogP contribution in [0.3, 0.4) is 0 Å². The predicted octanol–water partition coefficient (Wildman–Crippen LogP) is 2.89. The lowest BCUT2D eigenvalue weighted by molar-refractivity contribution is 0.236. The third-order valence-corrected chi connectivity index (χ3v) is 3.55. The lowest BCUT2D eigenvalue weighted by atomic mass is 10.1. The molecular weight excluding hydrogens is 320 g/mol. The molecule has 134 valence electrons. The number of hydrogen-bond acceptors (Lipinski definition) is 4. The molecule has 0 aliphatic carbocycles. The Balaban J connectivity index is 1.70. The van der Waals surface area contributed by atoms with Crippen molar-refractivity contribution < 1.29 is 19.0 Å². The number of hydrogen-bond donors (Lipinski definition) is 2. The van der Waals surface area contributed by atoms with Gasteiger partial charge in [-0.15, -0.1) is 0 Å². The first-order valence-corrected chi connectivity index (χ1v) is 8.04. The molecule has 0 aliphatic heterocycles. The number of carbonyl (C=O) groups excluding carboxylic acids is 1. The number of methoxy groups -OCH3 is 2. The first-order chi connectivity index (χ1) is 12.1. The number of benzene rings is 2. The quantitative estimate of drug-likeness (QED) is 0.723. The van der Waals surface area contributed by atoms with Crippen molar-refractivity contribution in [1.82, 2.24) is 10.6 Å². The molecule has 2 rings (SSSR count). The fraction of sp³-hybridized carbons (Fsp3) is 0.316. The lowest BCUT2D eigenvalue weighted by Gasteiger charge is -2.11. The van der Waals surface area contributed by atoms with Gasteiger partial charge in [0.25, 0.3) is 0 Å². The zero-order valence-corrected chi connectivity index (χ0v) is 14.8. The minimum atomic E-state index is -0.229. The van der Waals surface area contributed by atoms with Crippen molar-refractivity contribution in [2.75, 3.05) is 27.4 Å². The largest absolute Gasteiger partial charge is 0.496 e. The number of rotatable bonds is 8. The van der Waals surface area contributed by atoms with Crippen LogP contribution in [0.25, 0.3) is 0 Å². The van der Waals surface area contributed by atoms with E-state index >= 15 is 0 Å². The Bertz CT molecular complexity index is 664. The van der Waals surface area contributed by atoms with Crippen LogP contribution in [0.5, 0.6) is 17.2 Å². The van der Waals surface area contributed by atoms with Crippen LogP contribution in [-0.4, -0.2) is 33.4 Å². The van der Waals surface area contributed by atoms with Crippen LogP contribution in [0.1, 0.15) is 11.1 Å². The molecule has 2 N–H and O–H groups in total. The van der Waals surface area contributed by atoms with Crippen LogP contribution in [-0.2, 0) is 6.54 Å². The molecule has 6 nitrogen and oxygen atoms in total. The Morgan fingerprint density at radius 3 is 2.12 bits per heavy atom. The fourth-order valence-corrected chi connectivity index (χ4v) is 2.15. The standard InChI is InChI=1S/C19H24N2O4/c1-14-4-6-15(7-5-14)13-21-19(22)20-8-9-25-18-11-16(23-2)10-17(12-18)24-3/h4-7,10-12H,8-9,13H2,1-3H3,(H2,20,21,22). The maximum absolute atomic E-state index is 11.8. The summed E-state index contributed by atoms with van der Waals surface area (Å²) in [5, 5.41) is 5.56.